The first-order chi connectivity index (χ1) is 16.4. The lowest BCUT2D eigenvalue weighted by atomic mass is 10.0. The Kier molecular flexibility index (Phi) is 7.77. The number of pyridine rings is 1. The zero-order valence-corrected chi connectivity index (χ0v) is 20.0. The molecule has 180 valence electrons. The number of benzene rings is 2. The minimum Gasteiger partial charge on any atom is -0.380 e. The molecule has 1 amide bonds. The van der Waals surface area contributed by atoms with Crippen molar-refractivity contribution in [3.8, 4) is 0 Å². The van der Waals surface area contributed by atoms with Crippen molar-refractivity contribution in [1.29, 1.82) is 0 Å². The molecular formula is C27H34N4O3. The van der Waals surface area contributed by atoms with Crippen LogP contribution in [-0.2, 0) is 24.4 Å². The molecule has 1 saturated heterocycles. The van der Waals surface area contributed by atoms with Crippen molar-refractivity contribution < 1.29 is 9.53 Å². The fraction of sp³-hybridized carbons (Fsp3) is 0.407. The minimum atomic E-state index is -0.589. The van der Waals surface area contributed by atoms with Crippen molar-refractivity contribution in [1.82, 2.24) is 14.8 Å². The Morgan fingerprint density at radius 1 is 1.09 bits per heavy atom. The van der Waals surface area contributed by atoms with Crippen molar-refractivity contribution >= 4 is 16.8 Å². The highest BCUT2D eigenvalue weighted by Gasteiger charge is 2.20. The lowest BCUT2D eigenvalue weighted by molar-refractivity contribution is 0.100. The zero-order chi connectivity index (χ0) is 24.1. The summed E-state index contributed by atoms with van der Waals surface area (Å²) in [5, 5.41) is 4.39. The number of aryl methyl sites for hydroxylation is 1. The summed E-state index contributed by atoms with van der Waals surface area (Å²) in [7, 11) is 1.64. The molecule has 0 aliphatic carbocycles. The maximum atomic E-state index is 12.9. The van der Waals surface area contributed by atoms with Gasteiger partial charge in [-0.2, -0.15) is 0 Å². The van der Waals surface area contributed by atoms with Gasteiger partial charge < -0.3 is 25.3 Å². The Morgan fingerprint density at radius 3 is 2.59 bits per heavy atom. The van der Waals surface area contributed by atoms with E-state index in [9.17, 15) is 9.59 Å². The molecule has 0 unspecified atom stereocenters. The van der Waals surface area contributed by atoms with Gasteiger partial charge >= 0.3 is 0 Å². The molecule has 3 N–H and O–H groups in total. The number of likely N-dealkylation sites (tertiary alicyclic amines) is 1. The van der Waals surface area contributed by atoms with E-state index in [1.165, 1.54) is 17.2 Å². The normalized spacial score (nSPS) is 15.1. The molecule has 1 aliphatic rings. The van der Waals surface area contributed by atoms with Gasteiger partial charge in [0.2, 0.25) is 5.91 Å². The van der Waals surface area contributed by atoms with Crippen molar-refractivity contribution in [2.75, 3.05) is 26.7 Å². The van der Waals surface area contributed by atoms with Gasteiger partial charge in [-0.1, -0.05) is 42.0 Å². The molecule has 0 spiro atoms. The number of methoxy groups -OCH3 is 1. The first-order valence-electron chi connectivity index (χ1n) is 11.9. The van der Waals surface area contributed by atoms with Crippen LogP contribution in [0.25, 0.3) is 10.9 Å². The molecular weight excluding hydrogens is 428 g/mol. The van der Waals surface area contributed by atoms with Gasteiger partial charge in [0.15, 0.2) is 0 Å². The molecule has 7 heteroatoms. The fourth-order valence-corrected chi connectivity index (χ4v) is 4.80. The Hall–Kier alpha value is -3.00. The van der Waals surface area contributed by atoms with Crippen molar-refractivity contribution in [2.24, 2.45) is 5.73 Å². The number of nitrogens with two attached hydrogens (primary N) is 1. The molecule has 2 aromatic carbocycles. The number of amides is 1. The predicted octanol–water partition coefficient (Wildman–Crippen LogP) is 2.81. The molecule has 1 aromatic heterocycles. The van der Waals surface area contributed by atoms with Crippen LogP contribution in [0, 0.1) is 6.92 Å². The minimum absolute atomic E-state index is 0.203. The van der Waals surface area contributed by atoms with Gasteiger partial charge in [0.25, 0.3) is 5.56 Å². The van der Waals surface area contributed by atoms with E-state index in [4.69, 9.17) is 10.5 Å². The number of fused-ring (bicyclic) bond motifs is 1. The number of nitrogens with one attached hydrogen (secondary N) is 1. The molecule has 1 aliphatic heterocycles. The van der Waals surface area contributed by atoms with E-state index in [0.717, 1.165) is 50.1 Å². The molecule has 0 radical (unpaired) electrons. The van der Waals surface area contributed by atoms with Crippen molar-refractivity contribution in [3.63, 3.8) is 0 Å². The van der Waals surface area contributed by atoms with E-state index < -0.39 is 5.91 Å². The molecule has 7 nitrogen and oxygen atoms in total. The van der Waals surface area contributed by atoms with Gasteiger partial charge in [0.1, 0.15) is 0 Å². The number of nitrogens with zero attached hydrogens (tertiary/aromatic N) is 2. The van der Waals surface area contributed by atoms with Crippen molar-refractivity contribution in [2.45, 2.75) is 45.5 Å². The lowest BCUT2D eigenvalue weighted by Gasteiger charge is -2.32. The van der Waals surface area contributed by atoms with Gasteiger partial charge in [0.05, 0.1) is 17.7 Å². The third kappa shape index (κ3) is 5.73. The summed E-state index contributed by atoms with van der Waals surface area (Å²) >= 11 is 0. The fourth-order valence-electron chi connectivity index (χ4n) is 4.80. The Morgan fingerprint density at radius 2 is 1.88 bits per heavy atom. The van der Waals surface area contributed by atoms with Gasteiger partial charge in [0, 0.05) is 44.2 Å². The van der Waals surface area contributed by atoms with Crippen LogP contribution >= 0.6 is 0 Å². The van der Waals surface area contributed by atoms with Crippen LogP contribution in [0.4, 0.5) is 0 Å². The van der Waals surface area contributed by atoms with E-state index in [1.54, 1.807) is 11.7 Å². The second-order valence-corrected chi connectivity index (χ2v) is 9.18. The SMILES string of the molecule is COCc1ccc2c(C(N)=O)cc(=O)n(CCN3CCC(NCc4cccc(C)c4)CC3)c2c1. The smallest absolute Gasteiger partial charge is 0.251 e. The van der Waals surface area contributed by atoms with E-state index in [0.29, 0.717) is 24.6 Å². The van der Waals surface area contributed by atoms with E-state index in [2.05, 4.69) is 41.4 Å². The average molecular weight is 463 g/mol. The second-order valence-electron chi connectivity index (χ2n) is 9.18. The number of hydrogen-bond donors (Lipinski definition) is 2. The molecule has 0 atom stereocenters. The number of aromatic nitrogens is 1. The number of piperidine rings is 1. The highest BCUT2D eigenvalue weighted by molar-refractivity contribution is 6.05. The monoisotopic (exact) mass is 462 g/mol. The lowest BCUT2D eigenvalue weighted by Crippen LogP contribution is -2.43. The van der Waals surface area contributed by atoms with Crippen LogP contribution in [0.1, 0.15) is 39.9 Å². The highest BCUT2D eigenvalue weighted by Crippen LogP contribution is 2.20. The first kappa shape index (κ1) is 24.1. The third-order valence-corrected chi connectivity index (χ3v) is 6.66. The number of primary amides is 1. The van der Waals surface area contributed by atoms with Crippen LogP contribution in [0.2, 0.25) is 0 Å². The Bertz CT molecular complexity index is 1210. The van der Waals surface area contributed by atoms with Crippen LogP contribution in [0.5, 0.6) is 0 Å². The summed E-state index contributed by atoms with van der Waals surface area (Å²) in [5.74, 6) is -0.589. The number of carbonyl (C=O) groups excluding carboxylic acids is 1. The van der Waals surface area contributed by atoms with Crippen molar-refractivity contribution in [3.05, 3.63) is 81.1 Å². The summed E-state index contributed by atoms with van der Waals surface area (Å²) in [4.78, 5) is 27.2. The average Bonchev–Trinajstić information content (AvgIpc) is 2.82. The number of ether oxygens (including phenoxy) is 1. The van der Waals surface area contributed by atoms with Gasteiger partial charge in [-0.15, -0.1) is 0 Å². The molecule has 0 bridgehead atoms. The highest BCUT2D eigenvalue weighted by atomic mass is 16.5. The van der Waals surface area contributed by atoms with Crippen LogP contribution < -0.4 is 16.6 Å². The third-order valence-electron chi connectivity index (χ3n) is 6.66. The summed E-state index contributed by atoms with van der Waals surface area (Å²) in [5.41, 5.74) is 9.89. The van der Waals surface area contributed by atoms with E-state index >= 15 is 0 Å². The zero-order valence-electron chi connectivity index (χ0n) is 20.0. The summed E-state index contributed by atoms with van der Waals surface area (Å²) in [6, 6.07) is 16.2. The molecule has 1 fully saturated rings. The Balaban J connectivity index is 1.40. The van der Waals surface area contributed by atoms with E-state index in [1.807, 2.05) is 18.2 Å². The summed E-state index contributed by atoms with van der Waals surface area (Å²) in [6.45, 7) is 6.78. The maximum absolute atomic E-state index is 12.9. The quantitative estimate of drug-likeness (QED) is 0.510. The maximum Gasteiger partial charge on any atom is 0.251 e. The molecule has 4 rings (SSSR count). The molecule has 3 aromatic rings. The number of carbonyl (C=O) groups is 1. The van der Waals surface area contributed by atoms with Gasteiger partial charge in [-0.25, -0.2) is 0 Å². The molecule has 34 heavy (non-hydrogen) atoms. The number of hydrogen-bond acceptors (Lipinski definition) is 5. The largest absolute Gasteiger partial charge is 0.380 e. The van der Waals surface area contributed by atoms with Crippen LogP contribution in [0.15, 0.2) is 53.3 Å². The second kappa shape index (κ2) is 11.0. The van der Waals surface area contributed by atoms with Crippen LogP contribution in [0.3, 0.4) is 0 Å². The first-order valence-corrected chi connectivity index (χ1v) is 11.9. The summed E-state index contributed by atoms with van der Waals surface area (Å²) in [6.07, 6.45) is 2.17. The van der Waals surface area contributed by atoms with Crippen LogP contribution in [-0.4, -0.2) is 48.2 Å². The van der Waals surface area contributed by atoms with Gasteiger partial charge in [-0.05, 0) is 50.0 Å². The van der Waals surface area contributed by atoms with E-state index in [-0.39, 0.29) is 11.1 Å². The number of rotatable bonds is 9. The standard InChI is InChI=1S/C27H34N4O3/c1-19-4-3-5-20(14-19)17-29-22-8-10-30(11-9-22)12-13-31-25-15-21(18-34-2)6-7-23(25)24(27(28)33)16-26(31)32/h3-7,14-16,22,29H,8-13,17-18H2,1-2H3,(H2,28,33). The van der Waals surface area contributed by atoms with Gasteiger partial charge in [-0.3, -0.25) is 9.59 Å². The topological polar surface area (TPSA) is 89.6 Å². The Labute approximate surface area is 200 Å². The predicted molar refractivity (Wildman–Crippen MR) is 135 cm³/mol. The molecule has 2 heterocycles. The molecule has 0 saturated carbocycles. The summed E-state index contributed by atoms with van der Waals surface area (Å²) < 4.78 is 7.00.